The summed E-state index contributed by atoms with van der Waals surface area (Å²) in [5.41, 5.74) is 2.71. The van der Waals surface area contributed by atoms with Crippen molar-refractivity contribution in [2.45, 2.75) is 31.6 Å². The van der Waals surface area contributed by atoms with Gasteiger partial charge < -0.3 is 9.84 Å². The first-order chi connectivity index (χ1) is 7.83. The van der Waals surface area contributed by atoms with Gasteiger partial charge in [-0.1, -0.05) is 31.2 Å². The van der Waals surface area contributed by atoms with Crippen molar-refractivity contribution in [3.05, 3.63) is 35.4 Å². The van der Waals surface area contributed by atoms with Gasteiger partial charge in [0.25, 0.3) is 0 Å². The molecule has 2 rings (SSSR count). The molecular weight excluding hydrogens is 200 g/mol. The van der Waals surface area contributed by atoms with E-state index in [2.05, 4.69) is 31.2 Å². The Bertz CT molecular complexity index is 329. The summed E-state index contributed by atoms with van der Waals surface area (Å²) in [7, 11) is 0. The Morgan fingerprint density at radius 3 is 2.69 bits per heavy atom. The number of aliphatic hydroxyl groups excluding tert-OH is 1. The maximum absolute atomic E-state index is 9.29. The van der Waals surface area contributed by atoms with Gasteiger partial charge in [-0.3, -0.25) is 0 Å². The number of benzene rings is 1. The largest absolute Gasteiger partial charge is 0.396 e. The number of ether oxygens (including phenoxy) is 1. The fraction of sp³-hybridized carbons (Fsp3) is 0.571. The molecular formula is C14H20O2. The lowest BCUT2D eigenvalue weighted by Gasteiger charge is -2.26. The molecule has 88 valence electrons. The van der Waals surface area contributed by atoms with Crippen molar-refractivity contribution in [3.8, 4) is 0 Å². The summed E-state index contributed by atoms with van der Waals surface area (Å²) in [4.78, 5) is 0. The molecule has 0 amide bonds. The minimum absolute atomic E-state index is 0.222. The van der Waals surface area contributed by atoms with Crippen molar-refractivity contribution in [1.82, 2.24) is 0 Å². The average Bonchev–Trinajstić information content (AvgIpc) is 2.39. The zero-order valence-corrected chi connectivity index (χ0v) is 9.86. The van der Waals surface area contributed by atoms with Crippen molar-refractivity contribution < 1.29 is 9.84 Å². The molecule has 1 heterocycles. The molecule has 2 heteroatoms. The zero-order chi connectivity index (χ0) is 11.4. The van der Waals surface area contributed by atoms with Crippen LogP contribution in [0.5, 0.6) is 0 Å². The number of rotatable bonds is 3. The predicted octanol–water partition coefficient (Wildman–Crippen LogP) is 2.68. The Kier molecular flexibility index (Phi) is 3.97. The molecule has 1 saturated heterocycles. The Morgan fingerprint density at radius 1 is 1.31 bits per heavy atom. The second-order valence-corrected chi connectivity index (χ2v) is 4.60. The molecule has 1 aromatic carbocycles. The van der Waals surface area contributed by atoms with Crippen LogP contribution < -0.4 is 0 Å². The van der Waals surface area contributed by atoms with Crippen LogP contribution in [0.4, 0.5) is 0 Å². The van der Waals surface area contributed by atoms with Crippen LogP contribution in [-0.2, 0) is 4.74 Å². The standard InChI is InChI=1S/C14H20O2/c1-11(10-15)13-4-2-3-5-14(13)12-6-8-16-9-7-12/h2-5,11-12,15H,6-10H2,1H3. The lowest BCUT2D eigenvalue weighted by molar-refractivity contribution is 0.0850. The molecule has 0 aromatic heterocycles. The molecule has 1 atom stereocenters. The first kappa shape index (κ1) is 11.6. The molecule has 1 N–H and O–H groups in total. The van der Waals surface area contributed by atoms with E-state index in [-0.39, 0.29) is 12.5 Å². The van der Waals surface area contributed by atoms with Crippen LogP contribution >= 0.6 is 0 Å². The van der Waals surface area contributed by atoms with E-state index < -0.39 is 0 Å². The van der Waals surface area contributed by atoms with Crippen LogP contribution in [0.15, 0.2) is 24.3 Å². The van der Waals surface area contributed by atoms with Crippen LogP contribution in [0.1, 0.15) is 42.7 Å². The lowest BCUT2D eigenvalue weighted by atomic mass is 9.84. The molecule has 1 unspecified atom stereocenters. The monoisotopic (exact) mass is 220 g/mol. The summed E-state index contributed by atoms with van der Waals surface area (Å²) < 4.78 is 5.40. The quantitative estimate of drug-likeness (QED) is 0.848. The van der Waals surface area contributed by atoms with Crippen LogP contribution in [0.25, 0.3) is 0 Å². The van der Waals surface area contributed by atoms with Crippen molar-refractivity contribution in [2.75, 3.05) is 19.8 Å². The third-order valence-corrected chi connectivity index (χ3v) is 3.46. The maximum Gasteiger partial charge on any atom is 0.0497 e. The third kappa shape index (κ3) is 2.45. The zero-order valence-electron chi connectivity index (χ0n) is 9.86. The van der Waals surface area contributed by atoms with Gasteiger partial charge in [0.1, 0.15) is 0 Å². The van der Waals surface area contributed by atoms with Crippen molar-refractivity contribution in [2.24, 2.45) is 0 Å². The van der Waals surface area contributed by atoms with E-state index in [0.717, 1.165) is 26.1 Å². The van der Waals surface area contributed by atoms with Gasteiger partial charge in [0, 0.05) is 25.7 Å². The van der Waals surface area contributed by atoms with Crippen molar-refractivity contribution in [1.29, 1.82) is 0 Å². The van der Waals surface area contributed by atoms with Gasteiger partial charge in [0.15, 0.2) is 0 Å². The van der Waals surface area contributed by atoms with Crippen molar-refractivity contribution in [3.63, 3.8) is 0 Å². The normalized spacial score (nSPS) is 19.6. The molecule has 0 bridgehead atoms. The van der Waals surface area contributed by atoms with Crippen LogP contribution in [0.3, 0.4) is 0 Å². The van der Waals surface area contributed by atoms with E-state index in [1.54, 1.807) is 0 Å². The first-order valence-corrected chi connectivity index (χ1v) is 6.10. The third-order valence-electron chi connectivity index (χ3n) is 3.46. The highest BCUT2D eigenvalue weighted by Gasteiger charge is 2.20. The molecule has 16 heavy (non-hydrogen) atoms. The summed E-state index contributed by atoms with van der Waals surface area (Å²) in [5, 5.41) is 9.29. The van der Waals surface area contributed by atoms with E-state index in [0.29, 0.717) is 5.92 Å². The molecule has 2 nitrogen and oxygen atoms in total. The summed E-state index contributed by atoms with van der Waals surface area (Å²) >= 11 is 0. The van der Waals surface area contributed by atoms with Crippen molar-refractivity contribution >= 4 is 0 Å². The predicted molar refractivity (Wildman–Crippen MR) is 64.7 cm³/mol. The Hall–Kier alpha value is -0.860. The SMILES string of the molecule is CC(CO)c1ccccc1C1CCOCC1. The van der Waals surface area contributed by atoms with E-state index in [9.17, 15) is 5.11 Å². The van der Waals surface area contributed by atoms with Gasteiger partial charge in [-0.05, 0) is 29.9 Å². The summed E-state index contributed by atoms with van der Waals surface area (Å²) in [6, 6.07) is 8.51. The number of aliphatic hydroxyl groups is 1. The minimum Gasteiger partial charge on any atom is -0.396 e. The van der Waals surface area contributed by atoms with E-state index in [4.69, 9.17) is 4.74 Å². The molecule has 1 fully saturated rings. The fourth-order valence-electron chi connectivity index (χ4n) is 2.44. The minimum atomic E-state index is 0.222. The van der Waals surface area contributed by atoms with Gasteiger partial charge in [-0.25, -0.2) is 0 Å². The van der Waals surface area contributed by atoms with Gasteiger partial charge in [0.2, 0.25) is 0 Å². The van der Waals surface area contributed by atoms with E-state index >= 15 is 0 Å². The van der Waals surface area contributed by atoms with E-state index in [1.165, 1.54) is 11.1 Å². The fourth-order valence-corrected chi connectivity index (χ4v) is 2.44. The topological polar surface area (TPSA) is 29.5 Å². The second kappa shape index (κ2) is 5.46. The molecule has 1 aliphatic rings. The Labute approximate surface area is 97.3 Å². The Balaban J connectivity index is 2.24. The highest BCUT2D eigenvalue weighted by atomic mass is 16.5. The molecule has 0 radical (unpaired) electrons. The first-order valence-electron chi connectivity index (χ1n) is 6.10. The molecule has 1 aliphatic heterocycles. The molecule has 0 aliphatic carbocycles. The highest BCUT2D eigenvalue weighted by Crippen LogP contribution is 2.32. The second-order valence-electron chi connectivity index (χ2n) is 4.60. The molecule has 1 aromatic rings. The maximum atomic E-state index is 9.29. The number of hydrogen-bond acceptors (Lipinski definition) is 2. The average molecular weight is 220 g/mol. The number of hydrogen-bond donors (Lipinski definition) is 1. The Morgan fingerprint density at radius 2 is 2.00 bits per heavy atom. The molecule has 0 spiro atoms. The lowest BCUT2D eigenvalue weighted by Crippen LogP contribution is -2.16. The van der Waals surface area contributed by atoms with Gasteiger partial charge >= 0.3 is 0 Å². The van der Waals surface area contributed by atoms with Gasteiger partial charge in [-0.15, -0.1) is 0 Å². The summed E-state index contributed by atoms with van der Waals surface area (Å²) in [6.07, 6.45) is 2.21. The van der Waals surface area contributed by atoms with Crippen LogP contribution in [-0.4, -0.2) is 24.9 Å². The van der Waals surface area contributed by atoms with Gasteiger partial charge in [0.05, 0.1) is 0 Å². The smallest absolute Gasteiger partial charge is 0.0497 e. The van der Waals surface area contributed by atoms with Gasteiger partial charge in [-0.2, -0.15) is 0 Å². The molecule has 0 saturated carbocycles. The van der Waals surface area contributed by atoms with E-state index in [1.807, 2.05) is 0 Å². The van der Waals surface area contributed by atoms with Crippen LogP contribution in [0.2, 0.25) is 0 Å². The summed E-state index contributed by atoms with van der Waals surface area (Å²) in [5.74, 6) is 0.845. The summed E-state index contributed by atoms with van der Waals surface area (Å²) in [6.45, 7) is 4.04. The highest BCUT2D eigenvalue weighted by molar-refractivity contribution is 5.33. The van der Waals surface area contributed by atoms with Crippen LogP contribution in [0, 0.1) is 0 Å².